The summed E-state index contributed by atoms with van der Waals surface area (Å²) >= 11 is 0. The summed E-state index contributed by atoms with van der Waals surface area (Å²) in [4.78, 5) is 25.6. The van der Waals surface area contributed by atoms with E-state index in [1.165, 1.54) is 0 Å². The van der Waals surface area contributed by atoms with Gasteiger partial charge in [0.15, 0.2) is 0 Å². The van der Waals surface area contributed by atoms with Crippen LogP contribution in [0.1, 0.15) is 6.92 Å². The zero-order valence-corrected chi connectivity index (χ0v) is 12.9. The van der Waals surface area contributed by atoms with Gasteiger partial charge in [0.2, 0.25) is 0 Å². The van der Waals surface area contributed by atoms with Crippen molar-refractivity contribution in [2.24, 2.45) is 0 Å². The van der Waals surface area contributed by atoms with Crippen LogP contribution >= 0.6 is 0 Å². The summed E-state index contributed by atoms with van der Waals surface area (Å²) < 4.78 is 5.43. The lowest BCUT2D eigenvalue weighted by molar-refractivity contribution is -0.134. The maximum absolute atomic E-state index is 9.55. The first-order chi connectivity index (χ1) is 11.0. The van der Waals surface area contributed by atoms with Crippen LogP contribution < -0.4 is 15.0 Å². The number of hydrogen-bond acceptors (Lipinski definition) is 6. The maximum Gasteiger partial charge on any atom is 0.328 e. The van der Waals surface area contributed by atoms with Crippen molar-refractivity contribution < 1.29 is 24.5 Å². The highest BCUT2D eigenvalue weighted by Gasteiger charge is 2.10. The molecule has 0 aromatic carbocycles. The largest absolute Gasteiger partial charge is 0.492 e. The highest BCUT2D eigenvalue weighted by Crippen LogP contribution is 2.19. The van der Waals surface area contributed by atoms with Crippen molar-refractivity contribution in [3.8, 4) is 5.75 Å². The fourth-order valence-electron chi connectivity index (χ4n) is 1.89. The summed E-state index contributed by atoms with van der Waals surface area (Å²) in [6.45, 7) is 6.83. The lowest BCUT2D eigenvalue weighted by Gasteiger charge is -2.29. The van der Waals surface area contributed by atoms with Crippen LogP contribution in [0.2, 0.25) is 0 Å². The van der Waals surface area contributed by atoms with Gasteiger partial charge in [0.25, 0.3) is 0 Å². The number of piperazine rings is 1. The molecular formula is C15H21N3O5. The van der Waals surface area contributed by atoms with Crippen LogP contribution in [0, 0.1) is 0 Å². The Morgan fingerprint density at radius 3 is 2.39 bits per heavy atom. The van der Waals surface area contributed by atoms with Crippen LogP contribution in [0.25, 0.3) is 0 Å². The monoisotopic (exact) mass is 323 g/mol. The predicted octanol–water partition coefficient (Wildman–Crippen LogP) is 0.602. The standard InChI is InChI=1S/C11H17N3O.C4H4O4/c1-2-15-11-7-10(8-13-9-11)14-5-3-12-4-6-14;5-3(6)1-2-4(7)8/h7-9,12H,2-6H2,1H3;1-2H,(H,5,6)(H,7,8)/b;2-1+. The van der Waals surface area contributed by atoms with Crippen molar-refractivity contribution in [2.45, 2.75) is 6.92 Å². The first-order valence-corrected chi connectivity index (χ1v) is 7.20. The highest BCUT2D eigenvalue weighted by atomic mass is 16.5. The second kappa shape index (κ2) is 10.2. The van der Waals surface area contributed by atoms with Gasteiger partial charge in [0, 0.05) is 44.4 Å². The quantitative estimate of drug-likeness (QED) is 0.675. The lowest BCUT2D eigenvalue weighted by Crippen LogP contribution is -2.43. The van der Waals surface area contributed by atoms with E-state index in [-0.39, 0.29) is 0 Å². The third-order valence-corrected chi connectivity index (χ3v) is 2.86. The third-order valence-electron chi connectivity index (χ3n) is 2.86. The Labute approximate surface area is 134 Å². The normalized spacial score (nSPS) is 14.0. The van der Waals surface area contributed by atoms with Gasteiger partial charge in [-0.05, 0) is 6.92 Å². The van der Waals surface area contributed by atoms with Gasteiger partial charge >= 0.3 is 11.9 Å². The van der Waals surface area contributed by atoms with E-state index in [0.717, 1.165) is 37.6 Å². The number of rotatable bonds is 5. The molecule has 1 aliphatic heterocycles. The van der Waals surface area contributed by atoms with E-state index in [9.17, 15) is 9.59 Å². The number of carboxylic acids is 2. The van der Waals surface area contributed by atoms with Crippen molar-refractivity contribution in [1.82, 2.24) is 10.3 Å². The molecule has 2 rings (SSSR count). The van der Waals surface area contributed by atoms with Gasteiger partial charge in [-0.1, -0.05) is 0 Å². The molecule has 23 heavy (non-hydrogen) atoms. The molecule has 0 bridgehead atoms. The Balaban J connectivity index is 0.000000284. The molecule has 0 unspecified atom stereocenters. The van der Waals surface area contributed by atoms with Gasteiger partial charge in [-0.3, -0.25) is 4.98 Å². The Morgan fingerprint density at radius 2 is 1.87 bits per heavy atom. The number of hydrogen-bond donors (Lipinski definition) is 3. The van der Waals surface area contributed by atoms with Gasteiger partial charge in [-0.2, -0.15) is 0 Å². The molecule has 8 heteroatoms. The summed E-state index contributed by atoms with van der Waals surface area (Å²) in [5.41, 5.74) is 1.16. The molecule has 0 radical (unpaired) electrons. The number of nitrogens with zero attached hydrogens (tertiary/aromatic N) is 2. The van der Waals surface area contributed by atoms with E-state index in [2.05, 4.69) is 21.3 Å². The van der Waals surface area contributed by atoms with Crippen LogP contribution in [0.5, 0.6) is 5.75 Å². The summed E-state index contributed by atoms with van der Waals surface area (Å²) in [6, 6.07) is 2.06. The third kappa shape index (κ3) is 7.82. The average Bonchev–Trinajstić information content (AvgIpc) is 2.55. The van der Waals surface area contributed by atoms with E-state index in [1.807, 2.05) is 13.1 Å². The number of anilines is 1. The molecule has 0 amide bonds. The zero-order chi connectivity index (χ0) is 17.1. The Hall–Kier alpha value is -2.61. The first kappa shape index (κ1) is 18.4. The molecule has 3 N–H and O–H groups in total. The van der Waals surface area contributed by atoms with Crippen LogP contribution in [0.4, 0.5) is 5.69 Å². The van der Waals surface area contributed by atoms with E-state index in [0.29, 0.717) is 18.8 Å². The van der Waals surface area contributed by atoms with Crippen molar-refractivity contribution in [3.63, 3.8) is 0 Å². The second-order valence-electron chi connectivity index (χ2n) is 4.56. The van der Waals surface area contributed by atoms with Crippen LogP contribution in [0.3, 0.4) is 0 Å². The van der Waals surface area contributed by atoms with Gasteiger partial charge < -0.3 is 25.2 Å². The van der Waals surface area contributed by atoms with Gasteiger partial charge in [-0.25, -0.2) is 9.59 Å². The fourth-order valence-corrected chi connectivity index (χ4v) is 1.89. The Kier molecular flexibility index (Phi) is 8.16. The molecule has 126 valence electrons. The molecule has 1 aromatic rings. The van der Waals surface area contributed by atoms with Crippen LogP contribution in [-0.2, 0) is 9.59 Å². The zero-order valence-electron chi connectivity index (χ0n) is 12.9. The topological polar surface area (TPSA) is 112 Å². The first-order valence-electron chi connectivity index (χ1n) is 7.20. The molecule has 0 atom stereocenters. The molecule has 2 heterocycles. The highest BCUT2D eigenvalue weighted by molar-refractivity contribution is 5.89. The number of carbonyl (C=O) groups is 2. The Morgan fingerprint density at radius 1 is 1.26 bits per heavy atom. The Bertz CT molecular complexity index is 526. The number of pyridine rings is 1. The minimum atomic E-state index is -1.26. The molecule has 8 nitrogen and oxygen atoms in total. The van der Waals surface area contributed by atoms with Crippen molar-refractivity contribution in [1.29, 1.82) is 0 Å². The van der Waals surface area contributed by atoms with E-state index >= 15 is 0 Å². The van der Waals surface area contributed by atoms with Crippen molar-refractivity contribution in [3.05, 3.63) is 30.6 Å². The summed E-state index contributed by atoms with van der Waals surface area (Å²) in [5, 5.41) is 19.0. The fraction of sp³-hybridized carbons (Fsp3) is 0.400. The molecular weight excluding hydrogens is 302 g/mol. The molecule has 0 saturated carbocycles. The van der Waals surface area contributed by atoms with Crippen LogP contribution in [-0.4, -0.2) is 59.9 Å². The lowest BCUT2D eigenvalue weighted by atomic mass is 10.3. The molecule has 1 aromatic heterocycles. The molecule has 1 fully saturated rings. The molecule has 1 saturated heterocycles. The van der Waals surface area contributed by atoms with Gasteiger partial charge in [-0.15, -0.1) is 0 Å². The van der Waals surface area contributed by atoms with E-state index in [1.54, 1.807) is 6.20 Å². The minimum absolute atomic E-state index is 0.558. The molecule has 0 aliphatic carbocycles. The van der Waals surface area contributed by atoms with Crippen molar-refractivity contribution >= 4 is 17.6 Å². The molecule has 1 aliphatic rings. The summed E-state index contributed by atoms with van der Waals surface area (Å²) in [5.74, 6) is -1.66. The van der Waals surface area contributed by atoms with E-state index < -0.39 is 11.9 Å². The SMILES string of the molecule is CCOc1cncc(N2CCNCC2)c1.O=C(O)/C=C/C(=O)O. The van der Waals surface area contributed by atoms with Crippen LogP contribution in [0.15, 0.2) is 30.6 Å². The second-order valence-corrected chi connectivity index (χ2v) is 4.56. The summed E-state index contributed by atoms with van der Waals surface area (Å²) in [7, 11) is 0. The van der Waals surface area contributed by atoms with E-state index in [4.69, 9.17) is 14.9 Å². The number of ether oxygens (including phenoxy) is 1. The maximum atomic E-state index is 9.55. The number of aliphatic carboxylic acids is 2. The molecule has 0 spiro atoms. The summed E-state index contributed by atoms with van der Waals surface area (Å²) in [6.07, 6.45) is 4.77. The number of carboxylic acid groups (broad SMARTS) is 2. The average molecular weight is 323 g/mol. The van der Waals surface area contributed by atoms with Gasteiger partial charge in [0.1, 0.15) is 5.75 Å². The smallest absolute Gasteiger partial charge is 0.328 e. The van der Waals surface area contributed by atoms with Gasteiger partial charge in [0.05, 0.1) is 24.7 Å². The number of aromatic nitrogens is 1. The predicted molar refractivity (Wildman–Crippen MR) is 84.9 cm³/mol. The number of nitrogens with one attached hydrogen (secondary N) is 1. The minimum Gasteiger partial charge on any atom is -0.492 e. The van der Waals surface area contributed by atoms with Crippen molar-refractivity contribution in [2.75, 3.05) is 37.7 Å².